The van der Waals surface area contributed by atoms with E-state index in [0.717, 1.165) is 24.1 Å². The number of H-pyrrole nitrogens is 1. The lowest BCUT2D eigenvalue weighted by atomic mass is 10.2. The van der Waals surface area contributed by atoms with Crippen LogP contribution in [0.2, 0.25) is 0 Å². The molecule has 4 rings (SSSR count). The van der Waals surface area contributed by atoms with E-state index in [1.807, 2.05) is 30.3 Å². The van der Waals surface area contributed by atoms with Crippen LogP contribution in [0.5, 0.6) is 5.75 Å². The molecule has 1 fully saturated rings. The van der Waals surface area contributed by atoms with Gasteiger partial charge in [0.1, 0.15) is 12.4 Å². The molecule has 0 saturated carbocycles. The van der Waals surface area contributed by atoms with Gasteiger partial charge in [0.25, 0.3) is 0 Å². The molecule has 1 aliphatic rings. The third kappa shape index (κ3) is 4.19. The molecule has 0 bridgehead atoms. The molecular weight excluding hydrogens is 378 g/mol. The van der Waals surface area contributed by atoms with Gasteiger partial charge in [-0.2, -0.15) is 4.31 Å². The maximum absolute atomic E-state index is 13.3. The van der Waals surface area contributed by atoms with Crippen LogP contribution in [-0.2, 0) is 14.8 Å². The topological polar surface area (TPSA) is 84.5 Å². The van der Waals surface area contributed by atoms with Crippen molar-refractivity contribution in [2.75, 3.05) is 26.3 Å². The third-order valence-electron chi connectivity index (χ3n) is 4.81. The lowest BCUT2D eigenvalue weighted by Crippen LogP contribution is -2.39. The molecular formula is C20H23N3O4S. The molecule has 1 N–H and O–H groups in total. The number of nitrogens with one attached hydrogen (secondary N) is 1. The first kappa shape index (κ1) is 18.9. The monoisotopic (exact) mass is 401 g/mol. The van der Waals surface area contributed by atoms with Crippen LogP contribution in [0.1, 0.15) is 12.8 Å². The zero-order valence-electron chi connectivity index (χ0n) is 15.5. The van der Waals surface area contributed by atoms with Crippen LogP contribution < -0.4 is 4.74 Å². The Kier molecular flexibility index (Phi) is 5.61. The van der Waals surface area contributed by atoms with Crippen molar-refractivity contribution in [2.45, 2.75) is 23.8 Å². The summed E-state index contributed by atoms with van der Waals surface area (Å²) in [6.45, 7) is 1.51. The van der Waals surface area contributed by atoms with E-state index >= 15 is 0 Å². The smallest absolute Gasteiger partial charge is 0.243 e. The van der Waals surface area contributed by atoms with Gasteiger partial charge in [-0.25, -0.2) is 13.4 Å². The van der Waals surface area contributed by atoms with E-state index < -0.39 is 10.0 Å². The first-order valence-electron chi connectivity index (χ1n) is 9.36. The number of aromatic amines is 1. The number of hydrogen-bond acceptors (Lipinski definition) is 5. The summed E-state index contributed by atoms with van der Waals surface area (Å²) >= 11 is 0. The Morgan fingerprint density at radius 3 is 2.86 bits per heavy atom. The lowest BCUT2D eigenvalue weighted by Gasteiger charge is -2.25. The molecule has 148 valence electrons. The van der Waals surface area contributed by atoms with E-state index in [4.69, 9.17) is 9.47 Å². The Balaban J connectivity index is 1.53. The fourth-order valence-corrected chi connectivity index (χ4v) is 4.81. The SMILES string of the molecule is O=S(=O)(c1ccc2nc[nH]c2c1)N(CCOc1ccccc1)CC1CCCO1. The highest BCUT2D eigenvalue weighted by Gasteiger charge is 2.29. The summed E-state index contributed by atoms with van der Waals surface area (Å²) in [5.41, 5.74) is 1.43. The van der Waals surface area contributed by atoms with Gasteiger partial charge in [0.15, 0.2) is 0 Å². The highest BCUT2D eigenvalue weighted by Crippen LogP contribution is 2.22. The molecule has 2 aromatic carbocycles. The summed E-state index contributed by atoms with van der Waals surface area (Å²) in [6.07, 6.45) is 3.30. The van der Waals surface area contributed by atoms with Gasteiger partial charge < -0.3 is 14.5 Å². The normalized spacial score (nSPS) is 17.4. The van der Waals surface area contributed by atoms with Crippen molar-refractivity contribution in [3.63, 3.8) is 0 Å². The molecule has 1 atom stereocenters. The minimum Gasteiger partial charge on any atom is -0.492 e. The predicted octanol–water partition coefficient (Wildman–Crippen LogP) is 2.81. The maximum atomic E-state index is 13.3. The number of aromatic nitrogens is 2. The number of ether oxygens (including phenoxy) is 2. The van der Waals surface area contributed by atoms with Crippen molar-refractivity contribution in [3.05, 3.63) is 54.9 Å². The minimum atomic E-state index is -3.69. The molecule has 1 aromatic heterocycles. The summed E-state index contributed by atoms with van der Waals surface area (Å²) in [5, 5.41) is 0. The van der Waals surface area contributed by atoms with Crippen molar-refractivity contribution >= 4 is 21.1 Å². The Morgan fingerprint density at radius 1 is 1.21 bits per heavy atom. The summed E-state index contributed by atoms with van der Waals surface area (Å²) in [6, 6.07) is 14.3. The second-order valence-corrected chi connectivity index (χ2v) is 8.68. The fourth-order valence-electron chi connectivity index (χ4n) is 3.33. The zero-order valence-corrected chi connectivity index (χ0v) is 16.3. The number of sulfonamides is 1. The van der Waals surface area contributed by atoms with Crippen LogP contribution in [-0.4, -0.2) is 55.1 Å². The zero-order chi connectivity index (χ0) is 19.4. The van der Waals surface area contributed by atoms with E-state index in [2.05, 4.69) is 9.97 Å². The average Bonchev–Trinajstić information content (AvgIpc) is 3.39. The number of nitrogens with zero attached hydrogens (tertiary/aromatic N) is 2. The third-order valence-corrected chi connectivity index (χ3v) is 6.67. The van der Waals surface area contributed by atoms with E-state index in [1.54, 1.807) is 24.5 Å². The van der Waals surface area contributed by atoms with Gasteiger partial charge in [-0.1, -0.05) is 18.2 Å². The van der Waals surface area contributed by atoms with Crippen molar-refractivity contribution in [3.8, 4) is 5.75 Å². The van der Waals surface area contributed by atoms with Crippen molar-refractivity contribution in [1.82, 2.24) is 14.3 Å². The first-order valence-corrected chi connectivity index (χ1v) is 10.8. The van der Waals surface area contributed by atoms with E-state index in [0.29, 0.717) is 18.7 Å². The summed E-state index contributed by atoms with van der Waals surface area (Å²) < 4.78 is 39.5. The fraction of sp³-hybridized carbons (Fsp3) is 0.350. The van der Waals surface area contributed by atoms with Gasteiger partial charge >= 0.3 is 0 Å². The second kappa shape index (κ2) is 8.30. The quantitative estimate of drug-likeness (QED) is 0.627. The van der Waals surface area contributed by atoms with Gasteiger partial charge in [0.05, 0.1) is 28.4 Å². The van der Waals surface area contributed by atoms with Crippen LogP contribution in [0.4, 0.5) is 0 Å². The molecule has 7 nitrogen and oxygen atoms in total. The molecule has 8 heteroatoms. The molecule has 2 heterocycles. The molecule has 0 aliphatic carbocycles. The number of fused-ring (bicyclic) bond motifs is 1. The number of benzene rings is 2. The Bertz CT molecular complexity index is 1010. The van der Waals surface area contributed by atoms with Crippen molar-refractivity contribution < 1.29 is 17.9 Å². The van der Waals surface area contributed by atoms with Gasteiger partial charge in [0.2, 0.25) is 10.0 Å². The number of hydrogen-bond donors (Lipinski definition) is 1. The summed E-state index contributed by atoms with van der Waals surface area (Å²) in [4.78, 5) is 7.35. The van der Waals surface area contributed by atoms with Crippen LogP contribution in [0.15, 0.2) is 59.8 Å². The van der Waals surface area contributed by atoms with Crippen molar-refractivity contribution in [1.29, 1.82) is 0 Å². The van der Waals surface area contributed by atoms with Gasteiger partial charge in [0, 0.05) is 19.7 Å². The molecule has 28 heavy (non-hydrogen) atoms. The number of para-hydroxylation sites is 1. The van der Waals surface area contributed by atoms with Crippen molar-refractivity contribution in [2.24, 2.45) is 0 Å². The molecule has 3 aromatic rings. The molecule has 1 unspecified atom stereocenters. The van der Waals surface area contributed by atoms with E-state index in [1.165, 1.54) is 4.31 Å². The lowest BCUT2D eigenvalue weighted by molar-refractivity contribution is 0.0910. The Hall–Kier alpha value is -2.42. The van der Waals surface area contributed by atoms with Crippen LogP contribution in [0, 0.1) is 0 Å². The number of imidazole rings is 1. The summed E-state index contributed by atoms with van der Waals surface area (Å²) in [5.74, 6) is 0.718. The van der Waals surface area contributed by atoms with E-state index in [9.17, 15) is 8.42 Å². The standard InChI is InChI=1S/C20H23N3O4S/c24-28(25,18-8-9-19-20(13-18)22-15-21-19)23(14-17-7-4-11-26-17)10-12-27-16-5-2-1-3-6-16/h1-3,5-6,8-9,13,15,17H,4,7,10-12,14H2,(H,21,22). The van der Waals surface area contributed by atoms with E-state index in [-0.39, 0.29) is 24.2 Å². The first-order chi connectivity index (χ1) is 13.6. The molecule has 0 radical (unpaired) electrons. The molecule has 1 saturated heterocycles. The Labute approximate surface area is 164 Å². The molecule has 0 amide bonds. The van der Waals surface area contributed by atoms with Crippen LogP contribution in [0.3, 0.4) is 0 Å². The summed E-state index contributed by atoms with van der Waals surface area (Å²) in [7, 11) is -3.69. The maximum Gasteiger partial charge on any atom is 0.243 e. The minimum absolute atomic E-state index is 0.0811. The van der Waals surface area contributed by atoms with Gasteiger partial charge in [-0.3, -0.25) is 0 Å². The van der Waals surface area contributed by atoms with Crippen LogP contribution >= 0.6 is 0 Å². The van der Waals surface area contributed by atoms with Crippen LogP contribution in [0.25, 0.3) is 11.0 Å². The van der Waals surface area contributed by atoms with Gasteiger partial charge in [-0.05, 0) is 43.2 Å². The number of rotatable bonds is 8. The average molecular weight is 401 g/mol. The molecule has 0 spiro atoms. The highest BCUT2D eigenvalue weighted by molar-refractivity contribution is 7.89. The van der Waals surface area contributed by atoms with Gasteiger partial charge in [-0.15, -0.1) is 0 Å². The molecule has 1 aliphatic heterocycles. The highest BCUT2D eigenvalue weighted by atomic mass is 32.2. The predicted molar refractivity (Wildman–Crippen MR) is 106 cm³/mol. The Morgan fingerprint density at radius 2 is 2.07 bits per heavy atom. The largest absolute Gasteiger partial charge is 0.492 e. The second-order valence-electron chi connectivity index (χ2n) is 6.74.